The lowest BCUT2D eigenvalue weighted by Crippen LogP contribution is -2.94. The van der Waals surface area contributed by atoms with E-state index in [1.165, 1.54) is 6.20 Å². The van der Waals surface area contributed by atoms with Crippen molar-refractivity contribution < 1.29 is 23.0 Å². The first kappa shape index (κ1) is 18.9. The number of alkyl halides is 3. The molecule has 1 atom stereocenters. The highest BCUT2D eigenvalue weighted by Gasteiger charge is 2.71. The number of aromatic nitrogens is 1. The lowest BCUT2D eigenvalue weighted by Gasteiger charge is -2.25. The zero-order valence-corrected chi connectivity index (χ0v) is 15.0. The van der Waals surface area contributed by atoms with E-state index in [0.29, 0.717) is 17.5 Å². The number of amidine groups is 1. The summed E-state index contributed by atoms with van der Waals surface area (Å²) in [5.74, 6) is -0.969. The molecule has 0 saturated carbocycles. The molecule has 1 aromatic carbocycles. The molecule has 1 aliphatic heterocycles. The molecule has 1 aliphatic rings. The van der Waals surface area contributed by atoms with E-state index in [4.69, 9.17) is 0 Å². The number of anilines is 1. The van der Waals surface area contributed by atoms with Crippen molar-refractivity contribution in [2.24, 2.45) is 0 Å². The maximum absolute atomic E-state index is 14.2. The third-order valence-electron chi connectivity index (χ3n) is 4.38. The molecule has 0 fully saturated rings. The fourth-order valence-corrected chi connectivity index (χ4v) is 3.01. The summed E-state index contributed by atoms with van der Waals surface area (Å²) >= 11 is 0. The van der Waals surface area contributed by atoms with Crippen LogP contribution in [0.3, 0.4) is 0 Å². The summed E-state index contributed by atoms with van der Waals surface area (Å²) in [6, 6.07) is 11.8. The summed E-state index contributed by atoms with van der Waals surface area (Å²) in [6.07, 6.45) is -3.00. The van der Waals surface area contributed by atoms with Crippen LogP contribution in [-0.4, -0.2) is 40.0 Å². The van der Waals surface area contributed by atoms with Crippen LogP contribution in [-0.2, 0) is 4.79 Å². The van der Waals surface area contributed by atoms with E-state index in [1.807, 2.05) is 0 Å². The fraction of sp³-hybridized carbons (Fsp3) is 0.316. The summed E-state index contributed by atoms with van der Waals surface area (Å²) in [6.45, 7) is 3.60. The van der Waals surface area contributed by atoms with E-state index in [0.717, 1.165) is 4.90 Å². The average Bonchev–Trinajstić information content (AvgIpc) is 2.92. The smallest absolute Gasteiger partial charge is 0.312 e. The monoisotopic (exact) mass is 377 g/mol. The summed E-state index contributed by atoms with van der Waals surface area (Å²) in [5.41, 5.74) is -1.97. The Bertz CT molecular complexity index is 867. The maximum atomic E-state index is 14.2. The van der Waals surface area contributed by atoms with Crippen molar-refractivity contribution in [3.63, 3.8) is 0 Å². The molecule has 0 unspecified atom stereocenters. The van der Waals surface area contributed by atoms with E-state index in [2.05, 4.69) is 15.3 Å². The van der Waals surface area contributed by atoms with Gasteiger partial charge in [-0.3, -0.25) is 0 Å². The minimum absolute atomic E-state index is 0.00133. The van der Waals surface area contributed by atoms with E-state index < -0.39 is 17.7 Å². The van der Waals surface area contributed by atoms with Gasteiger partial charge in [-0.1, -0.05) is 31.2 Å². The predicted octanol–water partition coefficient (Wildman–Crippen LogP) is 1.84. The van der Waals surface area contributed by atoms with Crippen molar-refractivity contribution in [3.8, 4) is 0 Å². The lowest BCUT2D eigenvalue weighted by atomic mass is 10.1. The van der Waals surface area contributed by atoms with E-state index >= 15 is 0 Å². The number of nitrogens with one attached hydrogen (secondary N) is 2. The molecule has 0 saturated heterocycles. The van der Waals surface area contributed by atoms with Crippen LogP contribution in [0.2, 0.25) is 0 Å². The second-order valence-electron chi connectivity index (χ2n) is 6.34. The number of aryl methyl sites for hydroxylation is 1. The van der Waals surface area contributed by atoms with Crippen molar-refractivity contribution in [2.75, 3.05) is 11.9 Å². The van der Waals surface area contributed by atoms with Crippen molar-refractivity contribution in [2.45, 2.75) is 32.1 Å². The van der Waals surface area contributed by atoms with Gasteiger partial charge in [0.15, 0.2) is 0 Å². The van der Waals surface area contributed by atoms with Crippen LogP contribution in [0.5, 0.6) is 0 Å². The Morgan fingerprint density at radius 2 is 1.89 bits per heavy atom. The molecule has 5 nitrogen and oxygen atoms in total. The van der Waals surface area contributed by atoms with E-state index in [1.54, 1.807) is 56.3 Å². The van der Waals surface area contributed by atoms with Gasteiger partial charge in [0.25, 0.3) is 5.84 Å². The quantitative estimate of drug-likeness (QED) is 0.836. The number of nitrogens with zero attached hydrogens (tertiary/aromatic N) is 2. The Morgan fingerprint density at radius 1 is 1.19 bits per heavy atom. The van der Waals surface area contributed by atoms with Gasteiger partial charge in [0.05, 0.1) is 12.1 Å². The first-order valence-corrected chi connectivity index (χ1v) is 8.59. The Labute approximate surface area is 154 Å². The van der Waals surface area contributed by atoms with Crippen molar-refractivity contribution in [1.29, 1.82) is 0 Å². The molecular weight excluding hydrogens is 357 g/mol. The zero-order chi connectivity index (χ0) is 19.7. The van der Waals surface area contributed by atoms with Crippen molar-refractivity contribution in [3.05, 3.63) is 59.8 Å². The normalized spacial score (nSPS) is 20.0. The number of hydrogen-bond acceptors (Lipinski definition) is 3. The topological polar surface area (TPSA) is 59.2 Å². The number of pyridine rings is 1. The van der Waals surface area contributed by atoms with Crippen LogP contribution in [0.25, 0.3) is 0 Å². The number of benzene rings is 1. The number of rotatable bonds is 5. The Kier molecular flexibility index (Phi) is 4.91. The van der Waals surface area contributed by atoms with Crippen molar-refractivity contribution >= 4 is 17.6 Å². The Hall–Kier alpha value is -2.90. The highest BCUT2D eigenvalue weighted by atomic mass is 19.4. The molecule has 0 bridgehead atoms. The highest BCUT2D eigenvalue weighted by Crippen LogP contribution is 2.32. The fourth-order valence-electron chi connectivity index (χ4n) is 3.01. The molecule has 0 spiro atoms. The molecule has 2 N–H and O–H groups in total. The third kappa shape index (κ3) is 3.27. The molecule has 3 rings (SSSR count). The average molecular weight is 377 g/mol. The standard InChI is InChI=1S/C19H19F3N4O/c1-3-12-26-16(14-9-5-4-6-10-14)25-18(17(26)27,19(20,21)22)24-15-13(2)8-7-11-23-15/h4-11H,3,12H2,1-2H3,(H,23,24)/p+1/t18-/m1/s1. The van der Waals surface area contributed by atoms with Crippen LogP contribution in [0.15, 0.2) is 48.7 Å². The third-order valence-corrected chi connectivity index (χ3v) is 4.38. The minimum Gasteiger partial charge on any atom is -0.312 e. The maximum Gasteiger partial charge on any atom is 0.465 e. The first-order chi connectivity index (χ1) is 12.8. The number of amides is 1. The number of halogens is 3. The minimum atomic E-state index is -4.89. The van der Waals surface area contributed by atoms with Crippen LogP contribution in [0, 0.1) is 6.92 Å². The summed E-state index contributed by atoms with van der Waals surface area (Å²) in [5, 5.41) is 2.34. The Balaban J connectivity index is 2.16. The number of carbonyl (C=O) groups excluding carboxylic acids is 1. The first-order valence-electron chi connectivity index (χ1n) is 8.59. The molecule has 8 heteroatoms. The largest absolute Gasteiger partial charge is 0.465 e. The molecule has 1 aromatic heterocycles. The lowest BCUT2D eigenvalue weighted by molar-refractivity contribution is -0.566. The molecule has 0 radical (unpaired) electrons. The predicted molar refractivity (Wildman–Crippen MR) is 94.9 cm³/mol. The molecule has 1 amide bonds. The van der Waals surface area contributed by atoms with Crippen LogP contribution < -0.4 is 10.3 Å². The van der Waals surface area contributed by atoms with Gasteiger partial charge >= 0.3 is 17.7 Å². The van der Waals surface area contributed by atoms with Crippen LogP contribution in [0.1, 0.15) is 24.5 Å². The highest BCUT2D eigenvalue weighted by molar-refractivity contribution is 6.11. The van der Waals surface area contributed by atoms with E-state index in [-0.39, 0.29) is 18.2 Å². The van der Waals surface area contributed by atoms with Gasteiger partial charge in [0, 0.05) is 6.20 Å². The molecular formula is C19H20F3N4O+. The second-order valence-corrected chi connectivity index (χ2v) is 6.34. The van der Waals surface area contributed by atoms with Crippen LogP contribution in [0.4, 0.5) is 19.0 Å². The molecule has 2 aromatic rings. The summed E-state index contributed by atoms with van der Waals surface area (Å²) in [4.78, 5) is 20.6. The van der Waals surface area contributed by atoms with Crippen molar-refractivity contribution in [1.82, 2.24) is 9.88 Å². The van der Waals surface area contributed by atoms with Gasteiger partial charge in [-0.25, -0.2) is 14.8 Å². The number of hydrogen-bond donors (Lipinski definition) is 2. The van der Waals surface area contributed by atoms with Gasteiger partial charge < -0.3 is 5.32 Å². The van der Waals surface area contributed by atoms with Gasteiger partial charge in [0.2, 0.25) is 0 Å². The van der Waals surface area contributed by atoms with Gasteiger partial charge in [-0.15, -0.1) is 0 Å². The molecule has 2 heterocycles. The van der Waals surface area contributed by atoms with Gasteiger partial charge in [-0.05, 0) is 37.1 Å². The van der Waals surface area contributed by atoms with Crippen LogP contribution >= 0.6 is 0 Å². The van der Waals surface area contributed by atoms with Gasteiger partial charge in [-0.2, -0.15) is 18.1 Å². The molecule has 0 aliphatic carbocycles. The SMILES string of the molecule is CCCN1C(=O)[C@](Nc2ncccc2C)(C(F)(F)F)[NH+]=C1c1ccccc1. The molecule has 27 heavy (non-hydrogen) atoms. The second kappa shape index (κ2) is 7.02. The number of carbonyl (C=O) groups is 1. The summed E-state index contributed by atoms with van der Waals surface area (Å²) < 4.78 is 42.5. The van der Waals surface area contributed by atoms with E-state index in [9.17, 15) is 18.0 Å². The summed E-state index contributed by atoms with van der Waals surface area (Å²) in [7, 11) is 0. The van der Waals surface area contributed by atoms with Gasteiger partial charge in [0.1, 0.15) is 5.82 Å². The Morgan fingerprint density at radius 3 is 2.48 bits per heavy atom. The molecule has 142 valence electrons. The zero-order valence-electron chi connectivity index (χ0n) is 15.0.